The number of hydrogen-bond donors (Lipinski definition) is 0. The van der Waals surface area contributed by atoms with E-state index >= 15 is 0 Å². The average molecular weight is 391 g/mol. The first-order valence-electron chi connectivity index (χ1n) is 8.91. The van der Waals surface area contributed by atoms with Gasteiger partial charge in [0, 0.05) is 0 Å². The van der Waals surface area contributed by atoms with E-state index in [0.29, 0.717) is 29.9 Å². The van der Waals surface area contributed by atoms with Crippen molar-refractivity contribution in [2.75, 3.05) is 19.8 Å². The molecule has 0 saturated carbocycles. The monoisotopic (exact) mass is 391 g/mol. The molecule has 0 unspecified atom stereocenters. The van der Waals surface area contributed by atoms with Crippen LogP contribution in [-0.4, -0.2) is 36.7 Å². The van der Waals surface area contributed by atoms with E-state index < -0.39 is 11.6 Å². The molecule has 0 spiro atoms. The fraction of sp³-hybridized carbons (Fsp3) is 0.400. The smallest absolute Gasteiger partial charge is 0.346 e. The summed E-state index contributed by atoms with van der Waals surface area (Å²) in [4.78, 5) is 37.7. The SMILES string of the molecule is C=C(CC(=O)OCC)OCC.CCOC(=O)Cc1nc2ccccc2c(=O)o1. The Balaban J connectivity index is 0.000000311. The number of esters is 2. The van der Waals surface area contributed by atoms with E-state index in [0.717, 1.165) is 0 Å². The third-order valence-corrected chi connectivity index (χ3v) is 3.18. The number of carbonyl (C=O) groups excluding carboxylic acids is 2. The van der Waals surface area contributed by atoms with Crippen LogP contribution in [0.4, 0.5) is 0 Å². The lowest BCUT2D eigenvalue weighted by Crippen LogP contribution is -2.12. The van der Waals surface area contributed by atoms with Crippen LogP contribution >= 0.6 is 0 Å². The molecule has 0 bridgehead atoms. The summed E-state index contributed by atoms with van der Waals surface area (Å²) in [7, 11) is 0. The Morgan fingerprint density at radius 3 is 2.25 bits per heavy atom. The molecule has 0 amide bonds. The molecule has 0 saturated heterocycles. The second kappa shape index (κ2) is 12.3. The summed E-state index contributed by atoms with van der Waals surface area (Å²) < 4.78 is 19.3. The summed E-state index contributed by atoms with van der Waals surface area (Å²) in [5, 5.41) is 0.403. The maximum absolute atomic E-state index is 11.6. The molecule has 1 aromatic carbocycles. The third kappa shape index (κ3) is 8.03. The summed E-state index contributed by atoms with van der Waals surface area (Å²) in [5.74, 6) is -0.206. The zero-order chi connectivity index (χ0) is 20.9. The first-order valence-corrected chi connectivity index (χ1v) is 8.91. The topological polar surface area (TPSA) is 105 Å². The van der Waals surface area contributed by atoms with Gasteiger partial charge in [0.1, 0.15) is 12.8 Å². The molecule has 8 heteroatoms. The number of nitrogens with zero attached hydrogens (tertiary/aromatic N) is 1. The van der Waals surface area contributed by atoms with Gasteiger partial charge in [-0.2, -0.15) is 0 Å². The molecular formula is C20H25NO7. The predicted octanol–water partition coefficient (Wildman–Crippen LogP) is 2.78. The van der Waals surface area contributed by atoms with E-state index in [-0.39, 0.29) is 31.3 Å². The molecule has 28 heavy (non-hydrogen) atoms. The highest BCUT2D eigenvalue weighted by Gasteiger charge is 2.10. The van der Waals surface area contributed by atoms with Gasteiger partial charge in [0.2, 0.25) is 5.89 Å². The zero-order valence-corrected chi connectivity index (χ0v) is 16.4. The zero-order valence-electron chi connectivity index (χ0n) is 16.4. The van der Waals surface area contributed by atoms with E-state index in [1.165, 1.54) is 0 Å². The fourth-order valence-corrected chi connectivity index (χ4v) is 2.10. The molecule has 0 aliphatic heterocycles. The molecule has 1 heterocycles. The van der Waals surface area contributed by atoms with E-state index in [1.807, 2.05) is 6.92 Å². The maximum atomic E-state index is 11.6. The summed E-state index contributed by atoms with van der Waals surface area (Å²) in [6.07, 6.45) is 0.0234. The van der Waals surface area contributed by atoms with Gasteiger partial charge >= 0.3 is 17.6 Å². The van der Waals surface area contributed by atoms with Crippen LogP contribution in [0.5, 0.6) is 0 Å². The molecule has 0 atom stereocenters. The molecule has 0 fully saturated rings. The number of ether oxygens (including phenoxy) is 3. The Bertz CT molecular complexity index is 841. The maximum Gasteiger partial charge on any atom is 0.346 e. The second-order valence-corrected chi connectivity index (χ2v) is 5.35. The van der Waals surface area contributed by atoms with E-state index in [4.69, 9.17) is 13.9 Å². The highest BCUT2D eigenvalue weighted by molar-refractivity contribution is 5.77. The van der Waals surface area contributed by atoms with Crippen LogP contribution < -0.4 is 5.63 Å². The minimum absolute atomic E-state index is 0.0761. The van der Waals surface area contributed by atoms with E-state index in [9.17, 15) is 14.4 Å². The molecule has 0 radical (unpaired) electrons. The van der Waals surface area contributed by atoms with Crippen LogP contribution in [0, 0.1) is 0 Å². The van der Waals surface area contributed by atoms with Crippen molar-refractivity contribution in [1.29, 1.82) is 0 Å². The van der Waals surface area contributed by atoms with Crippen molar-refractivity contribution in [3.8, 4) is 0 Å². The first kappa shape index (κ1) is 22.9. The van der Waals surface area contributed by atoms with Crippen LogP contribution in [-0.2, 0) is 30.2 Å². The highest BCUT2D eigenvalue weighted by Crippen LogP contribution is 2.08. The number of rotatable bonds is 8. The van der Waals surface area contributed by atoms with Crippen molar-refractivity contribution in [2.24, 2.45) is 0 Å². The number of aromatic nitrogens is 1. The molecule has 152 valence electrons. The lowest BCUT2D eigenvalue weighted by molar-refractivity contribution is -0.143. The summed E-state index contributed by atoms with van der Waals surface area (Å²) in [5.41, 5.74) is 0.0259. The van der Waals surface area contributed by atoms with E-state index in [1.54, 1.807) is 38.1 Å². The minimum Gasteiger partial charge on any atom is -0.498 e. The Hall–Kier alpha value is -3.16. The molecule has 0 aliphatic rings. The summed E-state index contributed by atoms with van der Waals surface area (Å²) in [6.45, 7) is 10.1. The van der Waals surface area contributed by atoms with Gasteiger partial charge in [-0.25, -0.2) is 9.78 Å². The lowest BCUT2D eigenvalue weighted by Gasteiger charge is -2.05. The number of benzene rings is 1. The minimum atomic E-state index is -0.491. The van der Waals surface area contributed by atoms with Gasteiger partial charge in [-0.3, -0.25) is 9.59 Å². The quantitative estimate of drug-likeness (QED) is 0.500. The Labute approximate surface area is 163 Å². The largest absolute Gasteiger partial charge is 0.498 e. The third-order valence-electron chi connectivity index (χ3n) is 3.18. The molecule has 1 aromatic heterocycles. The van der Waals surface area contributed by atoms with Crippen molar-refractivity contribution < 1.29 is 28.2 Å². The van der Waals surface area contributed by atoms with Gasteiger partial charge < -0.3 is 18.6 Å². The fourth-order valence-electron chi connectivity index (χ4n) is 2.10. The first-order chi connectivity index (χ1) is 13.4. The van der Waals surface area contributed by atoms with Crippen molar-refractivity contribution in [2.45, 2.75) is 33.6 Å². The Morgan fingerprint density at radius 1 is 1.00 bits per heavy atom. The van der Waals surface area contributed by atoms with Crippen LogP contribution in [0.1, 0.15) is 33.1 Å². The Kier molecular flexibility index (Phi) is 10.0. The average Bonchev–Trinajstić information content (AvgIpc) is 2.63. The van der Waals surface area contributed by atoms with Gasteiger partial charge in [0.15, 0.2) is 0 Å². The Morgan fingerprint density at radius 2 is 1.61 bits per heavy atom. The number of hydrogen-bond acceptors (Lipinski definition) is 8. The highest BCUT2D eigenvalue weighted by atomic mass is 16.5. The summed E-state index contributed by atoms with van der Waals surface area (Å²) in [6, 6.07) is 6.82. The lowest BCUT2D eigenvalue weighted by atomic mass is 10.2. The predicted molar refractivity (Wildman–Crippen MR) is 103 cm³/mol. The molecule has 2 rings (SSSR count). The van der Waals surface area contributed by atoms with Gasteiger partial charge in [-0.05, 0) is 32.9 Å². The van der Waals surface area contributed by atoms with Crippen LogP contribution in [0.2, 0.25) is 0 Å². The number of para-hydroxylation sites is 1. The number of carbonyl (C=O) groups is 2. The number of fused-ring (bicyclic) bond motifs is 1. The molecular weight excluding hydrogens is 366 g/mol. The van der Waals surface area contributed by atoms with Crippen LogP contribution in [0.15, 0.2) is 45.8 Å². The van der Waals surface area contributed by atoms with Gasteiger partial charge in [-0.1, -0.05) is 18.7 Å². The summed E-state index contributed by atoms with van der Waals surface area (Å²) >= 11 is 0. The molecule has 8 nitrogen and oxygen atoms in total. The molecule has 0 N–H and O–H groups in total. The normalized spacial score (nSPS) is 9.82. The van der Waals surface area contributed by atoms with Crippen LogP contribution in [0.3, 0.4) is 0 Å². The van der Waals surface area contributed by atoms with Gasteiger partial charge in [0.05, 0.1) is 36.5 Å². The van der Waals surface area contributed by atoms with Crippen molar-refractivity contribution in [1.82, 2.24) is 4.98 Å². The van der Waals surface area contributed by atoms with Gasteiger partial charge in [0.25, 0.3) is 0 Å². The van der Waals surface area contributed by atoms with E-state index in [2.05, 4.69) is 16.3 Å². The van der Waals surface area contributed by atoms with Gasteiger partial charge in [-0.15, -0.1) is 0 Å². The van der Waals surface area contributed by atoms with Crippen LogP contribution in [0.25, 0.3) is 10.9 Å². The van der Waals surface area contributed by atoms with Crippen molar-refractivity contribution in [3.05, 3.63) is 52.9 Å². The molecule has 0 aliphatic carbocycles. The van der Waals surface area contributed by atoms with Crippen molar-refractivity contribution >= 4 is 22.8 Å². The molecule has 2 aromatic rings. The second-order valence-electron chi connectivity index (χ2n) is 5.35. The van der Waals surface area contributed by atoms with Crippen molar-refractivity contribution in [3.63, 3.8) is 0 Å². The standard InChI is InChI=1S/C12H11NO4.C8H14O3/c1-2-16-11(14)7-10-13-9-6-4-3-5-8(9)12(15)17-10;1-4-10-7(3)6-8(9)11-5-2/h3-6H,2,7H2,1H3;3-6H2,1-2H3.